The largest absolute Gasteiger partial charge is 0.303 e. The summed E-state index contributed by atoms with van der Waals surface area (Å²) in [5.74, 6) is 0.462. The van der Waals surface area contributed by atoms with E-state index in [1.165, 1.54) is 21.9 Å². The van der Waals surface area contributed by atoms with E-state index in [4.69, 9.17) is 0 Å². The first-order valence-corrected chi connectivity index (χ1v) is 10.6. The fourth-order valence-electron chi connectivity index (χ4n) is 5.04. The van der Waals surface area contributed by atoms with Crippen molar-refractivity contribution in [3.8, 4) is 0 Å². The molecule has 3 aromatic rings. The summed E-state index contributed by atoms with van der Waals surface area (Å²) in [5.41, 5.74) is 3.75. The van der Waals surface area contributed by atoms with Gasteiger partial charge in [-0.3, -0.25) is 9.48 Å². The first kappa shape index (κ1) is 17.6. The summed E-state index contributed by atoms with van der Waals surface area (Å²) in [5, 5.41) is 6.80. The monoisotopic (exact) mass is 373 g/mol. The number of hydrogen-bond donors (Lipinski definition) is 0. The Morgan fingerprint density at radius 2 is 1.96 bits per heavy atom. The number of carbonyl (C=O) groups excluding carboxylic acids is 1. The highest BCUT2D eigenvalue weighted by molar-refractivity contribution is 6.11. The molecule has 28 heavy (non-hydrogen) atoms. The van der Waals surface area contributed by atoms with Crippen LogP contribution in [0.25, 0.3) is 10.8 Å². The molecule has 2 heterocycles. The van der Waals surface area contributed by atoms with Gasteiger partial charge in [-0.25, -0.2) is 0 Å². The third kappa shape index (κ3) is 3.26. The molecule has 144 valence electrons. The lowest BCUT2D eigenvalue weighted by Crippen LogP contribution is -2.39. The second-order valence-electron chi connectivity index (χ2n) is 8.24. The standard InChI is InChI=1S/C24H27N3O/c28-24(22-11-10-19-9-8-18-5-1-7-21(22)23(18)19)20-6-2-13-26(17-20)14-4-16-27-15-3-12-25-27/h1,3,5,7,10-12,15,20H,2,4,6,8-9,13-14,16-17H2. The normalized spacial score (nSPS) is 19.4. The van der Waals surface area contributed by atoms with Gasteiger partial charge >= 0.3 is 0 Å². The lowest BCUT2D eigenvalue weighted by Gasteiger charge is -2.32. The molecule has 1 aromatic heterocycles. The minimum Gasteiger partial charge on any atom is -0.303 e. The zero-order valence-corrected chi connectivity index (χ0v) is 16.3. The van der Waals surface area contributed by atoms with E-state index in [-0.39, 0.29) is 5.92 Å². The van der Waals surface area contributed by atoms with Crippen LogP contribution in [0, 0.1) is 5.92 Å². The van der Waals surface area contributed by atoms with E-state index in [0.29, 0.717) is 5.78 Å². The number of benzene rings is 2. The number of nitrogens with zero attached hydrogens (tertiary/aromatic N) is 3. The van der Waals surface area contributed by atoms with Crippen molar-refractivity contribution < 1.29 is 4.79 Å². The van der Waals surface area contributed by atoms with E-state index in [1.54, 1.807) is 0 Å². The van der Waals surface area contributed by atoms with Crippen molar-refractivity contribution in [1.29, 1.82) is 0 Å². The maximum absolute atomic E-state index is 13.4. The van der Waals surface area contributed by atoms with Crippen LogP contribution in [0.1, 0.15) is 40.7 Å². The van der Waals surface area contributed by atoms with Crippen LogP contribution < -0.4 is 0 Å². The van der Waals surface area contributed by atoms with Crippen molar-refractivity contribution in [1.82, 2.24) is 14.7 Å². The third-order valence-corrected chi connectivity index (χ3v) is 6.44. The van der Waals surface area contributed by atoms with Crippen LogP contribution in [0.2, 0.25) is 0 Å². The smallest absolute Gasteiger partial charge is 0.167 e. The van der Waals surface area contributed by atoms with E-state index in [1.807, 2.05) is 23.1 Å². The molecule has 1 fully saturated rings. The first-order chi connectivity index (χ1) is 13.8. The van der Waals surface area contributed by atoms with Crippen molar-refractivity contribution in [3.05, 3.63) is 65.5 Å². The van der Waals surface area contributed by atoms with Crippen molar-refractivity contribution in [2.45, 2.75) is 38.6 Å². The number of likely N-dealkylation sites (tertiary alicyclic amines) is 1. The molecular weight excluding hydrogens is 346 g/mol. The van der Waals surface area contributed by atoms with Crippen LogP contribution in [-0.4, -0.2) is 40.1 Å². The van der Waals surface area contributed by atoms with Crippen LogP contribution in [0.4, 0.5) is 0 Å². The summed E-state index contributed by atoms with van der Waals surface area (Å²) >= 11 is 0. The van der Waals surface area contributed by atoms with Gasteiger partial charge in [0.1, 0.15) is 0 Å². The van der Waals surface area contributed by atoms with Crippen LogP contribution >= 0.6 is 0 Å². The van der Waals surface area contributed by atoms with Crippen LogP contribution in [0.3, 0.4) is 0 Å². The minimum absolute atomic E-state index is 0.122. The molecule has 1 atom stereocenters. The van der Waals surface area contributed by atoms with Gasteiger partial charge in [0.05, 0.1) is 0 Å². The molecule has 0 radical (unpaired) electrons. The van der Waals surface area contributed by atoms with E-state index >= 15 is 0 Å². The molecule has 4 heteroatoms. The molecule has 1 aliphatic heterocycles. The predicted octanol–water partition coefficient (Wildman–Crippen LogP) is 4.12. The van der Waals surface area contributed by atoms with Gasteiger partial charge < -0.3 is 4.90 Å². The van der Waals surface area contributed by atoms with Crippen LogP contribution in [0.15, 0.2) is 48.8 Å². The average molecular weight is 374 g/mol. The van der Waals surface area contributed by atoms with Gasteiger partial charge in [-0.05, 0) is 73.2 Å². The highest BCUT2D eigenvalue weighted by atomic mass is 16.1. The van der Waals surface area contributed by atoms with Crippen LogP contribution in [0.5, 0.6) is 0 Å². The second kappa shape index (κ2) is 7.51. The topological polar surface area (TPSA) is 38.1 Å². The maximum Gasteiger partial charge on any atom is 0.167 e. The quantitative estimate of drug-likeness (QED) is 0.610. The Hall–Kier alpha value is -2.46. The predicted molar refractivity (Wildman–Crippen MR) is 112 cm³/mol. The SMILES string of the molecule is O=C(c1ccc2c3c(cccc13)CC2)C1CCCN(CCCn2cccn2)C1. The summed E-state index contributed by atoms with van der Waals surface area (Å²) < 4.78 is 1.99. The Labute approximate surface area is 166 Å². The highest BCUT2D eigenvalue weighted by Crippen LogP contribution is 2.34. The van der Waals surface area contributed by atoms with E-state index in [2.05, 4.69) is 40.3 Å². The summed E-state index contributed by atoms with van der Waals surface area (Å²) in [6, 6.07) is 12.7. The summed E-state index contributed by atoms with van der Waals surface area (Å²) in [7, 11) is 0. The molecule has 0 amide bonds. The molecule has 2 aromatic carbocycles. The number of aromatic nitrogens is 2. The number of ketones is 1. The fraction of sp³-hybridized carbons (Fsp3) is 0.417. The molecule has 1 aliphatic carbocycles. The third-order valence-electron chi connectivity index (χ3n) is 6.44. The summed E-state index contributed by atoms with van der Waals surface area (Å²) in [6.45, 7) is 3.97. The van der Waals surface area contributed by atoms with E-state index in [9.17, 15) is 4.79 Å². The van der Waals surface area contributed by atoms with Gasteiger partial charge in [-0.15, -0.1) is 0 Å². The zero-order chi connectivity index (χ0) is 18.9. The highest BCUT2D eigenvalue weighted by Gasteiger charge is 2.28. The Morgan fingerprint density at radius 1 is 1.07 bits per heavy atom. The summed E-state index contributed by atoms with van der Waals surface area (Å²) in [4.78, 5) is 15.9. The fourth-order valence-corrected chi connectivity index (χ4v) is 5.04. The molecule has 0 spiro atoms. The van der Waals surface area contributed by atoms with Gasteiger partial charge in [0.25, 0.3) is 0 Å². The lowest BCUT2D eigenvalue weighted by atomic mass is 9.87. The van der Waals surface area contributed by atoms with Gasteiger partial charge in [0.15, 0.2) is 5.78 Å². The zero-order valence-electron chi connectivity index (χ0n) is 16.3. The number of carbonyl (C=O) groups is 1. The van der Waals surface area contributed by atoms with Gasteiger partial charge in [-0.2, -0.15) is 5.10 Å². The molecule has 0 saturated carbocycles. The van der Waals surface area contributed by atoms with Gasteiger partial charge in [0.2, 0.25) is 0 Å². The number of rotatable bonds is 6. The Bertz CT molecular complexity index is 982. The molecule has 0 bridgehead atoms. The molecule has 1 unspecified atom stereocenters. The maximum atomic E-state index is 13.4. The number of Topliss-reactive ketones (excluding diaryl/α,β-unsaturated/α-hetero) is 1. The molecule has 0 N–H and O–H groups in total. The number of piperidine rings is 1. The Balaban J connectivity index is 1.30. The molecule has 5 rings (SSSR count). The van der Waals surface area contributed by atoms with E-state index in [0.717, 1.165) is 63.8 Å². The van der Waals surface area contributed by atoms with Crippen molar-refractivity contribution >= 4 is 16.6 Å². The summed E-state index contributed by atoms with van der Waals surface area (Å²) in [6.07, 6.45) is 9.25. The second-order valence-corrected chi connectivity index (χ2v) is 8.24. The average Bonchev–Trinajstić information content (AvgIpc) is 3.39. The number of hydrogen-bond acceptors (Lipinski definition) is 3. The van der Waals surface area contributed by atoms with Crippen molar-refractivity contribution in [3.63, 3.8) is 0 Å². The molecular formula is C24H27N3O. The Morgan fingerprint density at radius 3 is 2.82 bits per heavy atom. The van der Waals surface area contributed by atoms with E-state index < -0.39 is 0 Å². The van der Waals surface area contributed by atoms with Crippen LogP contribution in [-0.2, 0) is 19.4 Å². The van der Waals surface area contributed by atoms with Crippen molar-refractivity contribution in [2.75, 3.05) is 19.6 Å². The number of aryl methyl sites for hydroxylation is 3. The van der Waals surface area contributed by atoms with Gasteiger partial charge in [0, 0.05) is 37.0 Å². The molecule has 2 aliphatic rings. The minimum atomic E-state index is 0.122. The first-order valence-electron chi connectivity index (χ1n) is 10.6. The molecule has 1 saturated heterocycles. The molecule has 4 nitrogen and oxygen atoms in total. The van der Waals surface area contributed by atoms with Crippen molar-refractivity contribution in [2.24, 2.45) is 5.92 Å². The lowest BCUT2D eigenvalue weighted by molar-refractivity contribution is 0.0818. The van der Waals surface area contributed by atoms with Gasteiger partial charge in [-0.1, -0.05) is 30.3 Å². The Kier molecular flexibility index (Phi) is 4.73.